The van der Waals surface area contributed by atoms with Gasteiger partial charge in [-0.25, -0.2) is 9.18 Å². The lowest BCUT2D eigenvalue weighted by molar-refractivity contribution is 0.0692. The first-order chi connectivity index (χ1) is 9.10. The first kappa shape index (κ1) is 13.1. The fraction of sp³-hybridized carbons (Fsp3) is 0.214. The number of aryl methyl sites for hydroxylation is 1. The molecule has 19 heavy (non-hydrogen) atoms. The standard InChI is InChI=1S/C14H15FN2O2/c1-2-17-6-5-10(9-17)8-16-11-3-4-13(15)12(7-11)14(18)19/h3-7,9,16H,2,8H2,1H3,(H,18,19). The molecule has 0 atom stereocenters. The molecule has 2 aromatic rings. The van der Waals surface area contributed by atoms with Crippen molar-refractivity contribution in [1.82, 2.24) is 4.57 Å². The largest absolute Gasteiger partial charge is 0.478 e. The molecule has 1 aromatic heterocycles. The Hall–Kier alpha value is -2.30. The van der Waals surface area contributed by atoms with Gasteiger partial charge in [-0.2, -0.15) is 0 Å². The van der Waals surface area contributed by atoms with Crippen LogP contribution in [0.1, 0.15) is 22.8 Å². The second-order valence-corrected chi connectivity index (χ2v) is 4.20. The first-order valence-corrected chi connectivity index (χ1v) is 6.01. The Morgan fingerprint density at radius 2 is 2.21 bits per heavy atom. The molecule has 0 aliphatic carbocycles. The average Bonchev–Trinajstić information content (AvgIpc) is 2.85. The lowest BCUT2D eigenvalue weighted by Crippen LogP contribution is -2.04. The quantitative estimate of drug-likeness (QED) is 0.871. The van der Waals surface area contributed by atoms with E-state index in [4.69, 9.17) is 5.11 Å². The summed E-state index contributed by atoms with van der Waals surface area (Å²) in [5.74, 6) is -1.99. The number of benzene rings is 1. The summed E-state index contributed by atoms with van der Waals surface area (Å²) in [5.41, 5.74) is 1.35. The van der Waals surface area contributed by atoms with Crippen molar-refractivity contribution < 1.29 is 14.3 Å². The van der Waals surface area contributed by atoms with E-state index in [2.05, 4.69) is 12.2 Å². The molecule has 0 bridgehead atoms. The van der Waals surface area contributed by atoms with Gasteiger partial charge in [0.05, 0.1) is 5.56 Å². The van der Waals surface area contributed by atoms with Crippen molar-refractivity contribution >= 4 is 11.7 Å². The third-order valence-electron chi connectivity index (χ3n) is 2.87. The van der Waals surface area contributed by atoms with Gasteiger partial charge in [0.1, 0.15) is 5.82 Å². The van der Waals surface area contributed by atoms with Gasteiger partial charge in [-0.3, -0.25) is 0 Å². The van der Waals surface area contributed by atoms with Gasteiger partial charge < -0.3 is 15.0 Å². The van der Waals surface area contributed by atoms with E-state index in [0.29, 0.717) is 12.2 Å². The van der Waals surface area contributed by atoms with Crippen LogP contribution in [0.3, 0.4) is 0 Å². The molecule has 0 aliphatic rings. The second kappa shape index (κ2) is 5.56. The number of carbonyl (C=O) groups is 1. The highest BCUT2D eigenvalue weighted by molar-refractivity contribution is 5.89. The Morgan fingerprint density at radius 1 is 1.42 bits per heavy atom. The van der Waals surface area contributed by atoms with Gasteiger partial charge in [0.15, 0.2) is 0 Å². The predicted octanol–water partition coefficient (Wildman–Crippen LogP) is 2.96. The van der Waals surface area contributed by atoms with Crippen LogP contribution < -0.4 is 5.32 Å². The van der Waals surface area contributed by atoms with Crippen LogP contribution >= 0.6 is 0 Å². The zero-order chi connectivity index (χ0) is 13.8. The van der Waals surface area contributed by atoms with Crippen molar-refractivity contribution in [2.24, 2.45) is 0 Å². The van der Waals surface area contributed by atoms with E-state index in [1.54, 1.807) is 0 Å². The fourth-order valence-corrected chi connectivity index (χ4v) is 1.80. The van der Waals surface area contributed by atoms with Gasteiger partial charge in [-0.15, -0.1) is 0 Å². The summed E-state index contributed by atoms with van der Waals surface area (Å²) >= 11 is 0. The van der Waals surface area contributed by atoms with Gasteiger partial charge in [0.2, 0.25) is 0 Å². The number of nitrogens with one attached hydrogen (secondary N) is 1. The van der Waals surface area contributed by atoms with E-state index in [9.17, 15) is 9.18 Å². The lowest BCUT2D eigenvalue weighted by atomic mass is 10.2. The summed E-state index contributed by atoms with van der Waals surface area (Å²) in [6.07, 6.45) is 3.99. The maximum atomic E-state index is 13.2. The highest BCUT2D eigenvalue weighted by Crippen LogP contribution is 2.16. The third-order valence-corrected chi connectivity index (χ3v) is 2.87. The molecule has 0 radical (unpaired) electrons. The number of hydrogen-bond donors (Lipinski definition) is 2. The molecule has 0 fully saturated rings. The van der Waals surface area contributed by atoms with Crippen LogP contribution in [0.15, 0.2) is 36.7 Å². The maximum absolute atomic E-state index is 13.2. The molecule has 2 rings (SSSR count). The number of rotatable bonds is 5. The van der Waals surface area contributed by atoms with Crippen molar-refractivity contribution in [2.45, 2.75) is 20.0 Å². The SMILES string of the molecule is CCn1ccc(CNc2ccc(F)c(C(=O)O)c2)c1. The molecule has 0 aliphatic heterocycles. The molecule has 1 heterocycles. The Bertz CT molecular complexity index is 593. The molecule has 0 saturated heterocycles. The summed E-state index contributed by atoms with van der Waals surface area (Å²) in [6.45, 7) is 3.52. The van der Waals surface area contributed by atoms with Crippen molar-refractivity contribution in [3.8, 4) is 0 Å². The minimum atomic E-state index is -1.27. The van der Waals surface area contributed by atoms with Crippen LogP contribution in [0.25, 0.3) is 0 Å². The second-order valence-electron chi connectivity index (χ2n) is 4.20. The molecule has 4 nitrogen and oxygen atoms in total. The Labute approximate surface area is 110 Å². The Morgan fingerprint density at radius 3 is 2.84 bits per heavy atom. The lowest BCUT2D eigenvalue weighted by Gasteiger charge is -2.06. The number of anilines is 1. The number of carboxylic acids is 1. The maximum Gasteiger partial charge on any atom is 0.338 e. The summed E-state index contributed by atoms with van der Waals surface area (Å²) in [6, 6.07) is 5.97. The summed E-state index contributed by atoms with van der Waals surface area (Å²) < 4.78 is 15.3. The summed E-state index contributed by atoms with van der Waals surface area (Å²) in [7, 11) is 0. The smallest absolute Gasteiger partial charge is 0.338 e. The van der Waals surface area contributed by atoms with Crippen molar-refractivity contribution in [3.63, 3.8) is 0 Å². The molecule has 0 saturated carbocycles. The van der Waals surface area contributed by atoms with Gasteiger partial charge in [-0.05, 0) is 36.8 Å². The van der Waals surface area contributed by atoms with E-state index in [1.807, 2.05) is 23.0 Å². The van der Waals surface area contributed by atoms with Crippen LogP contribution in [0.4, 0.5) is 10.1 Å². The predicted molar refractivity (Wildman–Crippen MR) is 70.8 cm³/mol. The van der Waals surface area contributed by atoms with Gasteiger partial charge in [0.25, 0.3) is 0 Å². The highest BCUT2D eigenvalue weighted by atomic mass is 19.1. The van der Waals surface area contributed by atoms with Crippen LogP contribution in [0.5, 0.6) is 0 Å². The first-order valence-electron chi connectivity index (χ1n) is 6.01. The van der Waals surface area contributed by atoms with Crippen molar-refractivity contribution in [1.29, 1.82) is 0 Å². The number of aromatic carboxylic acids is 1. The number of hydrogen-bond acceptors (Lipinski definition) is 2. The van der Waals surface area contributed by atoms with Crippen LogP contribution in [-0.4, -0.2) is 15.6 Å². The Kier molecular flexibility index (Phi) is 3.85. The summed E-state index contributed by atoms with van der Waals surface area (Å²) in [5, 5.41) is 11.9. The zero-order valence-corrected chi connectivity index (χ0v) is 10.6. The summed E-state index contributed by atoms with van der Waals surface area (Å²) in [4.78, 5) is 10.8. The fourth-order valence-electron chi connectivity index (χ4n) is 1.80. The monoisotopic (exact) mass is 262 g/mol. The van der Waals surface area contributed by atoms with Crippen LogP contribution in [0.2, 0.25) is 0 Å². The number of carboxylic acid groups (broad SMARTS) is 1. The minimum absolute atomic E-state index is 0.323. The topological polar surface area (TPSA) is 54.3 Å². The third kappa shape index (κ3) is 3.13. The van der Waals surface area contributed by atoms with E-state index in [1.165, 1.54) is 12.1 Å². The van der Waals surface area contributed by atoms with E-state index >= 15 is 0 Å². The van der Waals surface area contributed by atoms with E-state index in [-0.39, 0.29) is 5.56 Å². The molecule has 0 unspecified atom stereocenters. The Balaban J connectivity index is 2.07. The van der Waals surface area contributed by atoms with Crippen molar-refractivity contribution in [3.05, 3.63) is 53.6 Å². The molecule has 5 heteroatoms. The van der Waals surface area contributed by atoms with Gasteiger partial charge >= 0.3 is 5.97 Å². The minimum Gasteiger partial charge on any atom is -0.478 e. The number of aromatic nitrogens is 1. The normalized spacial score (nSPS) is 10.4. The molecule has 2 N–H and O–H groups in total. The number of halogens is 1. The van der Waals surface area contributed by atoms with Crippen molar-refractivity contribution in [2.75, 3.05) is 5.32 Å². The highest BCUT2D eigenvalue weighted by Gasteiger charge is 2.10. The molecule has 1 aromatic carbocycles. The van der Waals surface area contributed by atoms with E-state index < -0.39 is 11.8 Å². The number of nitrogens with zero attached hydrogens (tertiary/aromatic N) is 1. The van der Waals surface area contributed by atoms with Crippen LogP contribution in [0, 0.1) is 5.82 Å². The molecular weight excluding hydrogens is 247 g/mol. The van der Waals surface area contributed by atoms with Gasteiger partial charge in [-0.1, -0.05) is 0 Å². The molecule has 100 valence electrons. The average molecular weight is 262 g/mol. The molecular formula is C14H15FN2O2. The molecule has 0 spiro atoms. The van der Waals surface area contributed by atoms with Gasteiger partial charge in [0, 0.05) is 31.2 Å². The zero-order valence-electron chi connectivity index (χ0n) is 10.6. The van der Waals surface area contributed by atoms with E-state index in [0.717, 1.165) is 18.2 Å². The molecule has 0 amide bonds. The van der Waals surface area contributed by atoms with Crippen LogP contribution in [-0.2, 0) is 13.1 Å².